The third-order valence-electron chi connectivity index (χ3n) is 0.768. The predicted molar refractivity (Wildman–Crippen MR) is 59.7 cm³/mol. The Morgan fingerprint density at radius 1 is 1.18 bits per heavy atom. The van der Waals surface area contributed by atoms with Crippen LogP contribution >= 0.6 is 12.8 Å². The van der Waals surface area contributed by atoms with Crippen LogP contribution in [0.5, 0.6) is 0 Å². The van der Waals surface area contributed by atoms with Gasteiger partial charge in [0.2, 0.25) is 0 Å². The van der Waals surface area contributed by atoms with Gasteiger partial charge in [-0.15, -0.1) is 0 Å². The molecule has 0 spiro atoms. The van der Waals surface area contributed by atoms with Crippen molar-refractivity contribution in [3.8, 4) is 0 Å². The molecule has 0 aromatic rings. The van der Waals surface area contributed by atoms with Crippen LogP contribution in [0.4, 0.5) is 0 Å². The third-order valence-corrected chi connectivity index (χ3v) is 0.932. The summed E-state index contributed by atoms with van der Waals surface area (Å²) in [5.74, 6) is 0. The number of unbranched alkanes of at least 4 members (excludes halogenated alkanes) is 2. The molecule has 0 aromatic heterocycles. The molecule has 0 radical (unpaired) electrons. The van der Waals surface area contributed by atoms with Crippen molar-refractivity contribution in [2.75, 3.05) is 0 Å². The molecule has 11 heavy (non-hydrogen) atoms. The average Bonchev–Trinajstić information content (AvgIpc) is 2.13. The molecule has 0 aliphatic rings. The zero-order chi connectivity index (χ0) is 9.54. The van der Waals surface area contributed by atoms with E-state index < -0.39 is 0 Å². The molecule has 70 valence electrons. The first-order valence-corrected chi connectivity index (χ1v) is 4.97. The van der Waals surface area contributed by atoms with Crippen molar-refractivity contribution in [3.05, 3.63) is 0 Å². The average molecular weight is 177 g/mol. The SMILES string of the molecule is CC.CC.CCCC/C=N\S. The zero-order valence-electron chi connectivity index (χ0n) is 8.59. The molecule has 1 nitrogen and oxygen atoms in total. The van der Waals surface area contributed by atoms with E-state index in [0.29, 0.717) is 0 Å². The van der Waals surface area contributed by atoms with Crippen molar-refractivity contribution in [2.45, 2.75) is 53.9 Å². The van der Waals surface area contributed by atoms with Gasteiger partial charge in [0.25, 0.3) is 0 Å². The summed E-state index contributed by atoms with van der Waals surface area (Å²) in [5.41, 5.74) is 0. The molecule has 0 saturated carbocycles. The lowest BCUT2D eigenvalue weighted by Gasteiger charge is -1.82. The largest absolute Gasteiger partial charge is 0.232 e. The van der Waals surface area contributed by atoms with Gasteiger partial charge in [0.05, 0.1) is 0 Å². The maximum absolute atomic E-state index is 3.66. The van der Waals surface area contributed by atoms with Gasteiger partial charge >= 0.3 is 0 Å². The molecule has 0 amide bonds. The van der Waals surface area contributed by atoms with E-state index in [1.165, 1.54) is 12.8 Å². The van der Waals surface area contributed by atoms with Crippen molar-refractivity contribution >= 4 is 19.0 Å². The lowest BCUT2D eigenvalue weighted by Crippen LogP contribution is -1.70. The Kier molecular flexibility index (Phi) is 50.6. The van der Waals surface area contributed by atoms with Crippen molar-refractivity contribution in [2.24, 2.45) is 4.40 Å². The fourth-order valence-corrected chi connectivity index (χ4v) is 0.469. The van der Waals surface area contributed by atoms with E-state index in [1.807, 2.05) is 33.9 Å². The Hall–Kier alpha value is 0.0200. The standard InChI is InChI=1S/C5H11NS.2C2H6/c1-2-3-4-5-6-7;2*1-2/h5,7H,2-4H2,1H3;2*1-2H3/b6-5-;;. The fraction of sp³-hybridized carbons (Fsp3) is 0.889. The number of hydrogen-bond acceptors (Lipinski definition) is 2. The zero-order valence-corrected chi connectivity index (χ0v) is 9.49. The molecular weight excluding hydrogens is 154 g/mol. The third kappa shape index (κ3) is 39.9. The molecule has 0 N–H and O–H groups in total. The molecule has 0 aliphatic carbocycles. The van der Waals surface area contributed by atoms with Crippen LogP contribution in [0, 0.1) is 0 Å². The molecular formula is C9H23NS. The van der Waals surface area contributed by atoms with Gasteiger partial charge < -0.3 is 0 Å². The van der Waals surface area contributed by atoms with Crippen LogP contribution in [-0.2, 0) is 0 Å². The molecule has 0 bridgehead atoms. The Morgan fingerprint density at radius 2 is 1.64 bits per heavy atom. The first-order valence-electron chi connectivity index (χ1n) is 4.57. The molecule has 0 unspecified atom stereocenters. The summed E-state index contributed by atoms with van der Waals surface area (Å²) in [6, 6.07) is 0. The number of nitrogens with zero attached hydrogens (tertiary/aromatic N) is 1. The second kappa shape index (κ2) is 32.3. The van der Waals surface area contributed by atoms with E-state index in [0.717, 1.165) is 6.42 Å². The summed E-state index contributed by atoms with van der Waals surface area (Å²) >= 11 is 3.66. The predicted octanol–water partition coefficient (Wildman–Crippen LogP) is 4.14. The van der Waals surface area contributed by atoms with Crippen LogP contribution in [-0.4, -0.2) is 6.21 Å². The monoisotopic (exact) mass is 177 g/mol. The van der Waals surface area contributed by atoms with Crippen molar-refractivity contribution in [1.29, 1.82) is 0 Å². The van der Waals surface area contributed by atoms with Crippen molar-refractivity contribution < 1.29 is 0 Å². The quantitative estimate of drug-likeness (QED) is 0.378. The summed E-state index contributed by atoms with van der Waals surface area (Å²) in [7, 11) is 0. The minimum atomic E-state index is 1.07. The fourth-order valence-electron chi connectivity index (χ4n) is 0.353. The smallest absolute Gasteiger partial charge is 0.0123 e. The Morgan fingerprint density at radius 3 is 1.91 bits per heavy atom. The Bertz CT molecular complexity index is 53.5. The highest BCUT2D eigenvalue weighted by Crippen LogP contribution is 1.89. The van der Waals surface area contributed by atoms with E-state index in [4.69, 9.17) is 0 Å². The first kappa shape index (κ1) is 17.2. The second-order valence-corrected chi connectivity index (χ2v) is 1.67. The van der Waals surface area contributed by atoms with Crippen molar-refractivity contribution in [1.82, 2.24) is 0 Å². The van der Waals surface area contributed by atoms with Gasteiger partial charge in [-0.2, -0.15) is 0 Å². The van der Waals surface area contributed by atoms with Crippen LogP contribution in [0.1, 0.15) is 53.9 Å². The highest BCUT2D eigenvalue weighted by molar-refractivity contribution is 7.78. The first-order chi connectivity index (χ1) is 5.41. The maximum Gasteiger partial charge on any atom is 0.0123 e. The van der Waals surface area contributed by atoms with Gasteiger partial charge in [0.15, 0.2) is 0 Å². The Balaban J connectivity index is -0.000000138. The molecule has 0 saturated heterocycles. The van der Waals surface area contributed by atoms with Gasteiger partial charge in [0, 0.05) is 6.21 Å². The summed E-state index contributed by atoms with van der Waals surface area (Å²) in [6.45, 7) is 10.2. The van der Waals surface area contributed by atoms with E-state index in [1.54, 1.807) is 0 Å². The molecule has 0 aromatic carbocycles. The lowest BCUT2D eigenvalue weighted by atomic mass is 10.3. The maximum atomic E-state index is 3.66. The summed E-state index contributed by atoms with van der Waals surface area (Å²) < 4.78 is 3.54. The summed E-state index contributed by atoms with van der Waals surface area (Å²) in [5, 5.41) is 0. The van der Waals surface area contributed by atoms with E-state index in [-0.39, 0.29) is 0 Å². The molecule has 0 rings (SSSR count). The summed E-state index contributed by atoms with van der Waals surface area (Å²) in [6.07, 6.45) is 5.36. The van der Waals surface area contributed by atoms with Crippen LogP contribution in [0.3, 0.4) is 0 Å². The molecule has 0 atom stereocenters. The van der Waals surface area contributed by atoms with E-state index in [9.17, 15) is 0 Å². The van der Waals surface area contributed by atoms with Gasteiger partial charge in [0.1, 0.15) is 0 Å². The van der Waals surface area contributed by atoms with Crippen LogP contribution < -0.4 is 0 Å². The van der Waals surface area contributed by atoms with E-state index >= 15 is 0 Å². The van der Waals surface area contributed by atoms with Crippen LogP contribution in [0.25, 0.3) is 0 Å². The lowest BCUT2D eigenvalue weighted by molar-refractivity contribution is 0.843. The molecule has 0 fully saturated rings. The van der Waals surface area contributed by atoms with Gasteiger partial charge in [-0.25, -0.2) is 4.40 Å². The van der Waals surface area contributed by atoms with E-state index in [2.05, 4.69) is 24.1 Å². The molecule has 0 heterocycles. The van der Waals surface area contributed by atoms with Gasteiger partial charge in [-0.1, -0.05) is 41.0 Å². The van der Waals surface area contributed by atoms with Gasteiger partial charge in [-0.3, -0.25) is 0 Å². The second-order valence-electron chi connectivity index (χ2n) is 1.44. The number of rotatable bonds is 3. The van der Waals surface area contributed by atoms with Crippen LogP contribution in [0.15, 0.2) is 4.40 Å². The van der Waals surface area contributed by atoms with Crippen molar-refractivity contribution in [3.63, 3.8) is 0 Å². The summed E-state index contributed by atoms with van der Waals surface area (Å²) in [4.78, 5) is 0. The number of hydrogen-bond donors (Lipinski definition) is 1. The Labute approximate surface area is 77.9 Å². The molecule has 2 heteroatoms. The normalized spacial score (nSPS) is 7.82. The highest BCUT2D eigenvalue weighted by Gasteiger charge is 1.74. The minimum Gasteiger partial charge on any atom is -0.232 e. The van der Waals surface area contributed by atoms with Crippen LogP contribution in [0.2, 0.25) is 0 Å². The highest BCUT2D eigenvalue weighted by atomic mass is 32.1. The number of thiol groups is 1. The minimum absolute atomic E-state index is 1.07. The molecule has 0 aliphatic heterocycles. The topological polar surface area (TPSA) is 12.4 Å². The van der Waals surface area contributed by atoms with Gasteiger partial charge in [-0.05, 0) is 25.7 Å².